The van der Waals surface area contributed by atoms with Crippen molar-refractivity contribution in [3.8, 4) is 0 Å². The van der Waals surface area contributed by atoms with Crippen LogP contribution >= 0.6 is 0 Å². The molecule has 0 aliphatic rings. The average Bonchev–Trinajstić information content (AvgIpc) is 3.34. The zero-order valence-electron chi connectivity index (χ0n) is 40.6. The van der Waals surface area contributed by atoms with Gasteiger partial charge in [0.2, 0.25) is 0 Å². The van der Waals surface area contributed by atoms with Gasteiger partial charge in [-0.05, 0) is 37.5 Å². The number of rotatable bonds is 36. The molecule has 392 valence electrons. The fourth-order valence-electron chi connectivity index (χ4n) is 6.73. The van der Waals surface area contributed by atoms with Crippen LogP contribution < -0.4 is 0 Å². The van der Waals surface area contributed by atoms with Gasteiger partial charge in [-0.3, -0.25) is 4.79 Å². The van der Waals surface area contributed by atoms with Gasteiger partial charge in [0.15, 0.2) is 0 Å². The zero-order chi connectivity index (χ0) is 50.6. The maximum Gasteiger partial charge on any atom is 0.310 e. The third-order valence-electron chi connectivity index (χ3n) is 13.1. The summed E-state index contributed by atoms with van der Waals surface area (Å²) in [5, 5.41) is 146. The predicted octanol–water partition coefficient (Wildman–Crippen LogP) is 0.933. The van der Waals surface area contributed by atoms with E-state index < -0.39 is 139 Å². The van der Waals surface area contributed by atoms with E-state index in [0.29, 0.717) is 0 Å². The summed E-state index contributed by atoms with van der Waals surface area (Å²) >= 11 is 0. The smallest absolute Gasteiger partial charge is 0.310 e. The van der Waals surface area contributed by atoms with Crippen molar-refractivity contribution in [2.75, 3.05) is 106 Å². The van der Waals surface area contributed by atoms with Crippen molar-refractivity contribution in [1.29, 1.82) is 0 Å². The van der Waals surface area contributed by atoms with Crippen molar-refractivity contribution < 1.29 is 91.6 Å². The number of aliphatic hydroxyl groups excluding tert-OH is 16. The highest BCUT2D eigenvalue weighted by molar-refractivity contribution is 5.75. The maximum absolute atomic E-state index is 12.2. The van der Waals surface area contributed by atoms with E-state index in [-0.39, 0.29) is 5.41 Å². The van der Waals surface area contributed by atoms with Crippen molar-refractivity contribution in [2.24, 2.45) is 32.5 Å². The average molecular weight is 941 g/mol. The van der Waals surface area contributed by atoms with Crippen LogP contribution in [-0.4, -0.2) is 198 Å². The van der Waals surface area contributed by atoms with Crippen LogP contribution in [0, 0.1) is 32.5 Å². The van der Waals surface area contributed by atoms with Crippen LogP contribution in [0.15, 0.2) is 0 Å². The number of carbonyl (C=O) groups is 1. The lowest BCUT2D eigenvalue weighted by atomic mass is 9.55. The summed E-state index contributed by atoms with van der Waals surface area (Å²) in [6.45, 7) is 4.33. The zero-order valence-corrected chi connectivity index (χ0v) is 40.6. The summed E-state index contributed by atoms with van der Waals surface area (Å²) in [4.78, 5) is 12.2. The minimum Gasteiger partial charge on any atom is -0.481 e. The van der Waals surface area contributed by atoms with Gasteiger partial charge >= 0.3 is 5.97 Å². The predicted molar refractivity (Wildman–Crippen MR) is 247 cm³/mol. The van der Waals surface area contributed by atoms with Crippen molar-refractivity contribution in [3.05, 3.63) is 0 Å². The Morgan fingerprint density at radius 1 is 0.297 bits per heavy atom. The number of carboxylic acid groups (broad SMARTS) is 1. The monoisotopic (exact) mass is 941 g/mol. The van der Waals surface area contributed by atoms with Gasteiger partial charge in [-0.15, -0.1) is 0 Å². The molecule has 0 saturated carbocycles. The molecule has 17 N–H and O–H groups in total. The Balaban J connectivity index is -0.000000262. The summed E-state index contributed by atoms with van der Waals surface area (Å²) in [5.74, 6) is -0.573. The lowest BCUT2D eigenvalue weighted by molar-refractivity contribution is -0.161. The van der Waals surface area contributed by atoms with E-state index in [1.807, 2.05) is 0 Å². The topological polar surface area (TPSA) is 361 Å². The first-order valence-corrected chi connectivity index (χ1v) is 23.4. The van der Waals surface area contributed by atoms with Crippen molar-refractivity contribution in [3.63, 3.8) is 0 Å². The summed E-state index contributed by atoms with van der Waals surface area (Å²) in [7, 11) is 0. The number of unbranched alkanes of at least 4 members (excludes halogenated alkanes) is 12. The normalized spacial score (nSPS) is 12.2. The Kier molecular flexibility index (Phi) is 49.8. The lowest BCUT2D eigenvalue weighted by Crippen LogP contribution is -2.46. The second-order valence-corrected chi connectivity index (χ2v) is 17.6. The standard InChI is InChI=1S/C26H52O2.4C5H12O4/c1-6-11-12-13-14-15-16-17-18-19-20-21-22-23-25(7-2,8-3)26(9-4,10-5)24(27)28;4*6-1-5(2-7,3-8)4-9/h6-23H2,1-5H3,(H,27,28);4*6-9H,1-4H2. The van der Waals surface area contributed by atoms with E-state index in [4.69, 9.17) is 81.7 Å². The SMILES string of the molecule is CCCCCCCCCCCCCCCC(CC)(CC)C(CC)(CC)C(=O)O.OCC(CO)(CO)CO.OCC(CO)(CO)CO.OCC(CO)(CO)CO.OCC(CO)(CO)CO. The molecule has 0 aromatic heterocycles. The van der Waals surface area contributed by atoms with Gasteiger partial charge in [0.1, 0.15) is 0 Å². The molecule has 0 rings (SSSR count). The summed E-state index contributed by atoms with van der Waals surface area (Å²) in [6.07, 6.45) is 22.3. The van der Waals surface area contributed by atoms with E-state index in [1.165, 1.54) is 83.5 Å². The second-order valence-electron chi connectivity index (χ2n) is 17.6. The van der Waals surface area contributed by atoms with Gasteiger partial charge in [-0.1, -0.05) is 118 Å². The first-order valence-electron chi connectivity index (χ1n) is 23.4. The van der Waals surface area contributed by atoms with Gasteiger partial charge in [0, 0.05) is 0 Å². The quantitative estimate of drug-likeness (QED) is 0.0389. The molecule has 18 heteroatoms. The second kappa shape index (κ2) is 44.3. The molecule has 0 bridgehead atoms. The molecule has 64 heavy (non-hydrogen) atoms. The summed E-state index contributed by atoms with van der Waals surface area (Å²) < 4.78 is 0. The van der Waals surface area contributed by atoms with Crippen LogP contribution in [-0.2, 0) is 4.79 Å². The van der Waals surface area contributed by atoms with E-state index in [2.05, 4.69) is 34.6 Å². The Bertz CT molecular complexity index is 815. The van der Waals surface area contributed by atoms with E-state index in [1.54, 1.807) is 0 Å². The molecular formula is C46H100O18. The van der Waals surface area contributed by atoms with Crippen molar-refractivity contribution in [2.45, 2.75) is 150 Å². The molecule has 0 saturated heterocycles. The first-order chi connectivity index (χ1) is 30.5. The third-order valence-corrected chi connectivity index (χ3v) is 13.1. The molecule has 0 aromatic carbocycles. The largest absolute Gasteiger partial charge is 0.481 e. The van der Waals surface area contributed by atoms with E-state index in [9.17, 15) is 9.90 Å². The molecule has 0 aromatic rings. The Labute approximate surface area is 385 Å². The highest BCUT2D eigenvalue weighted by Gasteiger charge is 2.51. The summed E-state index contributed by atoms with van der Waals surface area (Å²) in [5.41, 5.74) is -5.03. The van der Waals surface area contributed by atoms with Gasteiger partial charge < -0.3 is 86.8 Å². The van der Waals surface area contributed by atoms with Gasteiger partial charge in [0.05, 0.1) is 133 Å². The number of hydrogen-bond donors (Lipinski definition) is 17. The molecule has 0 spiro atoms. The van der Waals surface area contributed by atoms with E-state index in [0.717, 1.165) is 32.1 Å². The van der Waals surface area contributed by atoms with Gasteiger partial charge in [-0.25, -0.2) is 0 Å². The molecule has 0 unspecified atom stereocenters. The molecule has 0 heterocycles. The van der Waals surface area contributed by atoms with Crippen LogP contribution in [0.2, 0.25) is 0 Å². The van der Waals surface area contributed by atoms with Crippen LogP contribution in [0.25, 0.3) is 0 Å². The minimum atomic E-state index is -1.11. The fourth-order valence-corrected chi connectivity index (χ4v) is 6.73. The molecule has 0 amide bonds. The van der Waals surface area contributed by atoms with Crippen LogP contribution in [0.1, 0.15) is 150 Å². The maximum atomic E-state index is 12.2. The number of aliphatic carboxylic acids is 1. The lowest BCUT2D eigenvalue weighted by Gasteiger charge is -2.47. The Morgan fingerprint density at radius 2 is 0.484 bits per heavy atom. The fraction of sp³-hybridized carbons (Fsp3) is 0.978. The molecule has 0 aliphatic heterocycles. The number of hydrogen-bond acceptors (Lipinski definition) is 17. The first kappa shape index (κ1) is 71.8. The number of aliphatic hydroxyl groups is 16. The van der Waals surface area contributed by atoms with Crippen LogP contribution in [0.3, 0.4) is 0 Å². The van der Waals surface area contributed by atoms with Crippen molar-refractivity contribution in [1.82, 2.24) is 0 Å². The highest BCUT2D eigenvalue weighted by atomic mass is 16.4. The Hall–Kier alpha value is -1.17. The van der Waals surface area contributed by atoms with Crippen LogP contribution in [0.5, 0.6) is 0 Å². The van der Waals surface area contributed by atoms with Crippen LogP contribution in [0.4, 0.5) is 0 Å². The molecule has 0 radical (unpaired) electrons. The minimum absolute atomic E-state index is 0.0416. The Morgan fingerprint density at radius 3 is 0.609 bits per heavy atom. The van der Waals surface area contributed by atoms with Gasteiger partial charge in [-0.2, -0.15) is 0 Å². The molecule has 0 fully saturated rings. The third kappa shape index (κ3) is 27.0. The molecule has 18 nitrogen and oxygen atoms in total. The molecule has 0 aliphatic carbocycles. The molecular weight excluding hydrogens is 840 g/mol. The van der Waals surface area contributed by atoms with Gasteiger partial charge in [0.25, 0.3) is 0 Å². The van der Waals surface area contributed by atoms with E-state index >= 15 is 0 Å². The van der Waals surface area contributed by atoms with Crippen molar-refractivity contribution >= 4 is 5.97 Å². The summed E-state index contributed by atoms with van der Waals surface area (Å²) in [6, 6.07) is 0. The molecule has 0 atom stereocenters. The number of carboxylic acids is 1. The highest BCUT2D eigenvalue weighted by Crippen LogP contribution is 2.53.